The number of anilines is 1. The highest BCUT2D eigenvalue weighted by Gasteiger charge is 2.18. The summed E-state index contributed by atoms with van der Waals surface area (Å²) < 4.78 is 13.5. The molecule has 0 aromatic heterocycles. The van der Waals surface area contributed by atoms with E-state index in [9.17, 15) is 4.39 Å². The Hall–Kier alpha value is -1.09. The van der Waals surface area contributed by atoms with Gasteiger partial charge in [0, 0.05) is 30.9 Å². The van der Waals surface area contributed by atoms with Crippen LogP contribution in [-0.2, 0) is 6.54 Å². The minimum absolute atomic E-state index is 0.0197. The molecule has 0 aliphatic heterocycles. The summed E-state index contributed by atoms with van der Waals surface area (Å²) in [5.41, 5.74) is 2.13. The largest absolute Gasteiger partial charge is 0.371 e. The zero-order chi connectivity index (χ0) is 15.5. The molecule has 0 spiro atoms. The fraction of sp³-hybridized carbons (Fsp3) is 0.647. The lowest BCUT2D eigenvalue weighted by Crippen LogP contribution is -2.37. The Bertz CT molecular complexity index is 435. The molecule has 2 nitrogen and oxygen atoms in total. The molecular weight excluding hydrogens is 251 g/mol. The van der Waals surface area contributed by atoms with E-state index in [1.54, 1.807) is 12.1 Å². The number of hydrogen-bond donors (Lipinski definition) is 1. The van der Waals surface area contributed by atoms with Crippen molar-refractivity contribution in [1.29, 1.82) is 0 Å². The maximum Gasteiger partial charge on any atom is 0.123 e. The molecule has 0 heterocycles. The first-order valence-electron chi connectivity index (χ1n) is 7.38. The average molecular weight is 280 g/mol. The third-order valence-electron chi connectivity index (χ3n) is 3.81. The van der Waals surface area contributed by atoms with Gasteiger partial charge in [-0.25, -0.2) is 4.39 Å². The lowest BCUT2D eigenvalue weighted by Gasteiger charge is -2.32. The maximum atomic E-state index is 13.5. The van der Waals surface area contributed by atoms with Crippen molar-refractivity contribution in [2.45, 2.75) is 59.7 Å². The number of halogens is 1. The zero-order valence-corrected chi connectivity index (χ0v) is 13.9. The van der Waals surface area contributed by atoms with Gasteiger partial charge >= 0.3 is 0 Å². The van der Waals surface area contributed by atoms with E-state index in [0.29, 0.717) is 18.5 Å². The van der Waals surface area contributed by atoms with Crippen LogP contribution in [0.15, 0.2) is 18.2 Å². The molecule has 20 heavy (non-hydrogen) atoms. The maximum absolute atomic E-state index is 13.5. The predicted molar refractivity (Wildman–Crippen MR) is 85.7 cm³/mol. The van der Waals surface area contributed by atoms with Crippen LogP contribution in [0.25, 0.3) is 0 Å². The molecule has 3 heteroatoms. The number of nitrogens with one attached hydrogen (secondary N) is 1. The third-order valence-corrected chi connectivity index (χ3v) is 3.81. The third kappa shape index (κ3) is 4.78. The second kappa shape index (κ2) is 6.57. The molecule has 0 saturated carbocycles. The van der Waals surface area contributed by atoms with E-state index in [-0.39, 0.29) is 11.4 Å². The molecule has 0 bridgehead atoms. The predicted octanol–water partition coefficient (Wildman–Crippen LogP) is 4.19. The second-order valence-corrected chi connectivity index (χ2v) is 6.97. The summed E-state index contributed by atoms with van der Waals surface area (Å²) >= 11 is 0. The molecule has 114 valence electrons. The highest BCUT2D eigenvalue weighted by molar-refractivity contribution is 5.54. The van der Waals surface area contributed by atoms with E-state index in [4.69, 9.17) is 0 Å². The van der Waals surface area contributed by atoms with Crippen molar-refractivity contribution in [2.75, 3.05) is 11.9 Å². The minimum Gasteiger partial charge on any atom is -0.371 e. The SMILES string of the molecule is CC(C)C(C)N(C)c1ccc(F)cc1CNC(C)(C)C. The normalized spacial score (nSPS) is 13.7. The summed E-state index contributed by atoms with van der Waals surface area (Å²) in [6, 6.07) is 5.47. The van der Waals surface area contributed by atoms with Crippen LogP contribution in [0.1, 0.15) is 47.1 Å². The summed E-state index contributed by atoms with van der Waals surface area (Å²) in [4.78, 5) is 2.24. The van der Waals surface area contributed by atoms with Gasteiger partial charge < -0.3 is 10.2 Å². The van der Waals surface area contributed by atoms with Crippen molar-refractivity contribution in [3.63, 3.8) is 0 Å². The smallest absolute Gasteiger partial charge is 0.123 e. The topological polar surface area (TPSA) is 15.3 Å². The lowest BCUT2D eigenvalue weighted by molar-refractivity contribution is 0.423. The van der Waals surface area contributed by atoms with Crippen LogP contribution in [0.3, 0.4) is 0 Å². The molecule has 1 aromatic rings. The summed E-state index contributed by atoms with van der Waals surface area (Å²) in [7, 11) is 2.08. The fourth-order valence-corrected chi connectivity index (χ4v) is 2.07. The molecule has 1 atom stereocenters. The monoisotopic (exact) mass is 280 g/mol. The number of nitrogens with zero attached hydrogens (tertiary/aromatic N) is 1. The highest BCUT2D eigenvalue weighted by Crippen LogP contribution is 2.25. The minimum atomic E-state index is -0.176. The van der Waals surface area contributed by atoms with E-state index in [2.05, 4.69) is 58.8 Å². The van der Waals surface area contributed by atoms with Crippen molar-refractivity contribution in [1.82, 2.24) is 5.32 Å². The molecule has 0 radical (unpaired) electrons. The molecule has 0 saturated heterocycles. The Labute approximate surface area is 123 Å². The van der Waals surface area contributed by atoms with Crippen LogP contribution in [0.5, 0.6) is 0 Å². The van der Waals surface area contributed by atoms with Crippen LogP contribution in [0, 0.1) is 11.7 Å². The van der Waals surface area contributed by atoms with Gasteiger partial charge in [-0.2, -0.15) is 0 Å². The van der Waals surface area contributed by atoms with Gasteiger partial charge in [-0.1, -0.05) is 13.8 Å². The van der Waals surface area contributed by atoms with Crippen molar-refractivity contribution < 1.29 is 4.39 Å². The number of rotatable bonds is 5. The van der Waals surface area contributed by atoms with Crippen molar-refractivity contribution >= 4 is 5.69 Å². The molecule has 0 fully saturated rings. The summed E-state index contributed by atoms with van der Waals surface area (Å²) in [6.07, 6.45) is 0. The molecule has 1 unspecified atom stereocenters. The van der Waals surface area contributed by atoms with E-state index in [1.165, 1.54) is 0 Å². The summed E-state index contributed by atoms with van der Waals surface area (Å²) in [5, 5.41) is 3.44. The molecule has 0 amide bonds. The second-order valence-electron chi connectivity index (χ2n) is 6.97. The summed E-state index contributed by atoms with van der Waals surface area (Å²) in [6.45, 7) is 13.6. The van der Waals surface area contributed by atoms with Crippen LogP contribution in [0.2, 0.25) is 0 Å². The fourth-order valence-electron chi connectivity index (χ4n) is 2.07. The first-order chi connectivity index (χ1) is 9.11. The van der Waals surface area contributed by atoms with E-state index in [1.807, 2.05) is 6.07 Å². The standard InChI is InChI=1S/C17H29FN2/c1-12(2)13(3)20(7)16-9-8-15(18)10-14(16)11-19-17(4,5)6/h8-10,12-13,19H,11H2,1-7H3. The van der Waals surface area contributed by atoms with Gasteiger partial charge in [-0.3, -0.25) is 0 Å². The lowest BCUT2D eigenvalue weighted by atomic mass is 10.0. The van der Waals surface area contributed by atoms with Gasteiger partial charge in [-0.05, 0) is 57.4 Å². The molecule has 1 rings (SSSR count). The molecule has 1 aromatic carbocycles. The van der Waals surface area contributed by atoms with Crippen molar-refractivity contribution in [2.24, 2.45) is 5.92 Å². The first-order valence-corrected chi connectivity index (χ1v) is 7.38. The molecule has 0 aliphatic rings. The van der Waals surface area contributed by atoms with E-state index >= 15 is 0 Å². The Balaban J connectivity index is 3.01. The van der Waals surface area contributed by atoms with E-state index < -0.39 is 0 Å². The van der Waals surface area contributed by atoms with Gasteiger partial charge in [0.2, 0.25) is 0 Å². The van der Waals surface area contributed by atoms with Crippen LogP contribution in [0.4, 0.5) is 10.1 Å². The van der Waals surface area contributed by atoms with E-state index in [0.717, 1.165) is 11.3 Å². The number of hydrogen-bond acceptors (Lipinski definition) is 2. The first kappa shape index (κ1) is 17.0. The summed E-state index contributed by atoms with van der Waals surface area (Å²) in [5.74, 6) is 0.374. The van der Waals surface area contributed by atoms with Crippen LogP contribution >= 0.6 is 0 Å². The molecule has 1 N–H and O–H groups in total. The quantitative estimate of drug-likeness (QED) is 0.870. The Morgan fingerprint density at radius 1 is 1.20 bits per heavy atom. The number of benzene rings is 1. The molecular formula is C17H29FN2. The Kier molecular flexibility index (Phi) is 5.58. The Morgan fingerprint density at radius 3 is 2.30 bits per heavy atom. The average Bonchev–Trinajstić information content (AvgIpc) is 2.33. The van der Waals surface area contributed by atoms with Crippen LogP contribution < -0.4 is 10.2 Å². The van der Waals surface area contributed by atoms with Gasteiger partial charge in [0.1, 0.15) is 5.82 Å². The van der Waals surface area contributed by atoms with Crippen molar-refractivity contribution in [3.8, 4) is 0 Å². The van der Waals surface area contributed by atoms with Gasteiger partial charge in [0.15, 0.2) is 0 Å². The van der Waals surface area contributed by atoms with Crippen molar-refractivity contribution in [3.05, 3.63) is 29.6 Å². The van der Waals surface area contributed by atoms with Gasteiger partial charge in [-0.15, -0.1) is 0 Å². The highest BCUT2D eigenvalue weighted by atomic mass is 19.1. The zero-order valence-electron chi connectivity index (χ0n) is 13.9. The van der Waals surface area contributed by atoms with Gasteiger partial charge in [0.25, 0.3) is 0 Å². The molecule has 0 aliphatic carbocycles. The van der Waals surface area contributed by atoms with Crippen LogP contribution in [-0.4, -0.2) is 18.6 Å². The van der Waals surface area contributed by atoms with Gasteiger partial charge in [0.05, 0.1) is 0 Å². The Morgan fingerprint density at radius 2 is 1.80 bits per heavy atom.